The standard InChI is InChI=1S/C26H23N5O6S2/c1-36-22-10-9-17(15-20(22)29-39(2,34)35)30-25(24(28-26(30)38)19-8-3-4-13-27-19)23-12-11-21(37-23)16-6-5-7-18(14-16)31(32)33/h3-15,24-25,29H,1-2H3,(H,28,38)/t24-,25+/m1/s1. The minimum Gasteiger partial charge on any atom is -0.495 e. The van der Waals surface area contributed by atoms with E-state index in [-0.39, 0.29) is 11.4 Å². The lowest BCUT2D eigenvalue weighted by Crippen LogP contribution is -2.29. The molecule has 200 valence electrons. The minimum atomic E-state index is -3.59. The van der Waals surface area contributed by atoms with E-state index in [0.717, 1.165) is 6.26 Å². The van der Waals surface area contributed by atoms with Crippen LogP contribution >= 0.6 is 12.2 Å². The summed E-state index contributed by atoms with van der Waals surface area (Å²) in [7, 11) is -2.15. The number of furan rings is 1. The Bertz CT molecular complexity index is 1660. The molecule has 0 bridgehead atoms. The highest BCUT2D eigenvalue weighted by atomic mass is 32.2. The number of hydrogen-bond acceptors (Lipinski definition) is 8. The van der Waals surface area contributed by atoms with E-state index in [2.05, 4.69) is 15.0 Å². The number of thiocarbonyl (C=S) groups is 1. The van der Waals surface area contributed by atoms with Crippen molar-refractivity contribution < 1.29 is 22.5 Å². The van der Waals surface area contributed by atoms with Gasteiger partial charge in [0.25, 0.3) is 5.69 Å². The smallest absolute Gasteiger partial charge is 0.270 e. The largest absolute Gasteiger partial charge is 0.495 e. The molecule has 5 rings (SSSR count). The molecule has 2 N–H and O–H groups in total. The second-order valence-electron chi connectivity index (χ2n) is 8.76. The summed E-state index contributed by atoms with van der Waals surface area (Å²) >= 11 is 5.74. The number of ether oxygens (including phenoxy) is 1. The Hall–Kier alpha value is -4.49. The topological polar surface area (TPSA) is 140 Å². The predicted octanol–water partition coefficient (Wildman–Crippen LogP) is 4.81. The highest BCUT2D eigenvalue weighted by Gasteiger charge is 2.43. The SMILES string of the molecule is COc1ccc(N2C(=S)N[C@H](c3ccccn3)[C@@H]2c2ccc(-c3cccc([N+](=O)[O-])c3)o2)cc1NS(C)(=O)=O. The molecule has 11 nitrogen and oxygen atoms in total. The number of non-ortho nitro benzene ring substituents is 1. The van der Waals surface area contributed by atoms with Crippen LogP contribution in [0.3, 0.4) is 0 Å². The van der Waals surface area contributed by atoms with E-state index in [1.807, 2.05) is 23.1 Å². The van der Waals surface area contributed by atoms with Gasteiger partial charge in [0.2, 0.25) is 10.0 Å². The van der Waals surface area contributed by atoms with Gasteiger partial charge in [-0.25, -0.2) is 8.42 Å². The van der Waals surface area contributed by atoms with Gasteiger partial charge in [-0.15, -0.1) is 0 Å². The lowest BCUT2D eigenvalue weighted by atomic mass is 10.0. The molecule has 1 aliphatic rings. The van der Waals surface area contributed by atoms with E-state index >= 15 is 0 Å². The number of hydrogen-bond donors (Lipinski definition) is 2. The summed E-state index contributed by atoms with van der Waals surface area (Å²) in [5, 5.41) is 15.0. The zero-order chi connectivity index (χ0) is 27.7. The number of nitrogens with one attached hydrogen (secondary N) is 2. The van der Waals surface area contributed by atoms with Gasteiger partial charge in [-0.3, -0.25) is 19.8 Å². The first-order valence-electron chi connectivity index (χ1n) is 11.7. The number of nitrogens with zero attached hydrogens (tertiary/aromatic N) is 3. The van der Waals surface area contributed by atoms with Crippen LogP contribution in [0.15, 0.2) is 83.4 Å². The third-order valence-corrected chi connectivity index (χ3v) is 7.02. The molecule has 1 aliphatic heterocycles. The van der Waals surface area contributed by atoms with Gasteiger partial charge in [-0.2, -0.15) is 0 Å². The van der Waals surface area contributed by atoms with Gasteiger partial charge in [0.15, 0.2) is 5.11 Å². The molecule has 0 saturated carbocycles. The van der Waals surface area contributed by atoms with Gasteiger partial charge in [0.1, 0.15) is 23.3 Å². The van der Waals surface area contributed by atoms with Crippen LogP contribution in [0.25, 0.3) is 11.3 Å². The van der Waals surface area contributed by atoms with Crippen molar-refractivity contribution in [2.75, 3.05) is 23.0 Å². The average Bonchev–Trinajstić information content (AvgIpc) is 3.53. The van der Waals surface area contributed by atoms with Crippen LogP contribution in [0.4, 0.5) is 17.1 Å². The second kappa shape index (κ2) is 10.3. The van der Waals surface area contributed by atoms with Crippen LogP contribution in [-0.2, 0) is 10.0 Å². The summed E-state index contributed by atoms with van der Waals surface area (Å²) in [6.45, 7) is 0. The van der Waals surface area contributed by atoms with Crippen molar-refractivity contribution in [3.63, 3.8) is 0 Å². The van der Waals surface area contributed by atoms with Crippen LogP contribution in [-0.4, -0.2) is 36.8 Å². The molecule has 0 radical (unpaired) electrons. The van der Waals surface area contributed by atoms with Crippen LogP contribution < -0.4 is 19.7 Å². The molecule has 0 aliphatic carbocycles. The summed E-state index contributed by atoms with van der Waals surface area (Å²) in [4.78, 5) is 17.1. The maximum atomic E-state index is 12.0. The molecule has 0 amide bonds. The summed E-state index contributed by atoms with van der Waals surface area (Å²) < 4.78 is 38.1. The first kappa shape index (κ1) is 26.1. The number of rotatable bonds is 8. The summed E-state index contributed by atoms with van der Waals surface area (Å²) in [5.74, 6) is 1.30. The Morgan fingerprint density at radius 1 is 1.13 bits per heavy atom. The lowest BCUT2D eigenvalue weighted by molar-refractivity contribution is -0.384. The van der Waals surface area contributed by atoms with E-state index in [0.29, 0.717) is 39.3 Å². The van der Waals surface area contributed by atoms with Crippen molar-refractivity contribution in [3.8, 4) is 17.1 Å². The number of nitro groups is 1. The van der Waals surface area contributed by atoms with Crippen LogP contribution in [0.1, 0.15) is 23.5 Å². The van der Waals surface area contributed by atoms with E-state index < -0.39 is 27.0 Å². The fourth-order valence-electron chi connectivity index (χ4n) is 4.49. The van der Waals surface area contributed by atoms with Crippen LogP contribution in [0.2, 0.25) is 0 Å². The molecule has 1 saturated heterocycles. The van der Waals surface area contributed by atoms with E-state index in [9.17, 15) is 18.5 Å². The summed E-state index contributed by atoms with van der Waals surface area (Å²) in [6.07, 6.45) is 2.73. The van der Waals surface area contributed by atoms with Crippen LogP contribution in [0.5, 0.6) is 5.75 Å². The monoisotopic (exact) mass is 565 g/mol. The number of nitro benzene ring substituents is 1. The van der Waals surface area contributed by atoms with Gasteiger partial charge < -0.3 is 19.4 Å². The zero-order valence-corrected chi connectivity index (χ0v) is 22.4. The molecule has 13 heteroatoms. The fourth-order valence-corrected chi connectivity index (χ4v) is 5.39. The minimum absolute atomic E-state index is 0.0497. The van der Waals surface area contributed by atoms with Crippen molar-refractivity contribution in [1.82, 2.24) is 10.3 Å². The van der Waals surface area contributed by atoms with E-state index in [1.54, 1.807) is 48.7 Å². The van der Waals surface area contributed by atoms with Gasteiger partial charge >= 0.3 is 0 Å². The molecule has 2 aromatic carbocycles. The van der Waals surface area contributed by atoms with Gasteiger partial charge in [0.05, 0.1) is 35.7 Å². The van der Waals surface area contributed by atoms with Crippen molar-refractivity contribution in [2.24, 2.45) is 0 Å². The van der Waals surface area contributed by atoms with Crippen molar-refractivity contribution >= 4 is 44.4 Å². The first-order valence-corrected chi connectivity index (χ1v) is 14.0. The Morgan fingerprint density at radius 2 is 1.95 bits per heavy atom. The molecule has 2 atom stereocenters. The quantitative estimate of drug-likeness (QED) is 0.174. The second-order valence-corrected chi connectivity index (χ2v) is 10.9. The lowest BCUT2D eigenvalue weighted by Gasteiger charge is -2.27. The number of methoxy groups -OCH3 is 1. The number of sulfonamides is 1. The number of aromatic nitrogens is 1. The Balaban J connectivity index is 1.61. The summed E-state index contributed by atoms with van der Waals surface area (Å²) in [5.41, 5.74) is 2.04. The highest BCUT2D eigenvalue weighted by molar-refractivity contribution is 7.92. The molecule has 3 heterocycles. The highest BCUT2D eigenvalue weighted by Crippen LogP contribution is 2.44. The molecule has 1 fully saturated rings. The van der Waals surface area contributed by atoms with Crippen molar-refractivity contribution in [2.45, 2.75) is 12.1 Å². The number of anilines is 2. The molecule has 0 unspecified atom stereocenters. The van der Waals surface area contributed by atoms with Crippen molar-refractivity contribution in [1.29, 1.82) is 0 Å². The number of pyridine rings is 1. The Morgan fingerprint density at radius 3 is 2.64 bits per heavy atom. The normalized spacial score (nSPS) is 17.1. The predicted molar refractivity (Wildman–Crippen MR) is 150 cm³/mol. The van der Waals surface area contributed by atoms with Gasteiger partial charge in [-0.05, 0) is 54.7 Å². The molecule has 4 aromatic rings. The molecule has 0 spiro atoms. The summed E-state index contributed by atoms with van der Waals surface area (Å²) in [6, 6.07) is 19.4. The number of benzene rings is 2. The van der Waals surface area contributed by atoms with E-state index in [1.165, 1.54) is 19.2 Å². The van der Waals surface area contributed by atoms with Crippen molar-refractivity contribution in [3.05, 3.63) is 101 Å². The van der Waals surface area contributed by atoms with Crippen LogP contribution in [0, 0.1) is 10.1 Å². The Kier molecular flexibility index (Phi) is 6.93. The van der Waals surface area contributed by atoms with Gasteiger partial charge in [0, 0.05) is 29.6 Å². The molecular weight excluding hydrogens is 542 g/mol. The fraction of sp³-hybridized carbons (Fsp3) is 0.154. The molecular formula is C26H23N5O6S2. The maximum absolute atomic E-state index is 12.0. The average molecular weight is 566 g/mol. The molecule has 39 heavy (non-hydrogen) atoms. The third kappa shape index (κ3) is 5.40. The first-order chi connectivity index (χ1) is 18.6. The van der Waals surface area contributed by atoms with Gasteiger partial charge in [-0.1, -0.05) is 18.2 Å². The zero-order valence-electron chi connectivity index (χ0n) is 20.8. The maximum Gasteiger partial charge on any atom is 0.270 e. The Labute approximate surface area is 229 Å². The van der Waals surface area contributed by atoms with E-state index in [4.69, 9.17) is 21.4 Å². The third-order valence-electron chi connectivity index (χ3n) is 6.11. The molecule has 2 aromatic heterocycles.